The molecule has 0 radical (unpaired) electrons. The van der Waals surface area contributed by atoms with Gasteiger partial charge >= 0.3 is 5.97 Å². The maximum atomic E-state index is 13.2. The zero-order valence-electron chi connectivity index (χ0n) is 18.2. The minimum Gasteiger partial charge on any atom is -0.481 e. The lowest BCUT2D eigenvalue weighted by molar-refractivity contribution is -0.113. The molecule has 0 saturated carbocycles. The van der Waals surface area contributed by atoms with Gasteiger partial charge in [-0.3, -0.25) is 4.79 Å². The average Bonchev–Trinajstić information content (AvgIpc) is 3.30. The Kier molecular flexibility index (Phi) is 8.27. The van der Waals surface area contributed by atoms with Crippen LogP contribution in [0.15, 0.2) is 23.4 Å². The number of ether oxygens (including phenoxy) is 2. The second kappa shape index (κ2) is 10.9. The Morgan fingerprint density at radius 2 is 2.12 bits per heavy atom. The second-order valence-corrected chi connectivity index (χ2v) is 9.07. The predicted molar refractivity (Wildman–Crippen MR) is 124 cm³/mol. The highest BCUT2D eigenvalue weighted by atomic mass is 35.5. The van der Waals surface area contributed by atoms with Gasteiger partial charge in [-0.1, -0.05) is 34.7 Å². The number of nitrogens with zero attached hydrogens (tertiary/aromatic N) is 4. The molecule has 33 heavy (non-hydrogen) atoms. The van der Waals surface area contributed by atoms with Crippen molar-refractivity contribution in [2.24, 2.45) is 7.05 Å². The van der Waals surface area contributed by atoms with Crippen molar-refractivity contribution in [1.82, 2.24) is 19.7 Å². The summed E-state index contributed by atoms with van der Waals surface area (Å²) in [6.07, 6.45) is -0.520. The van der Waals surface area contributed by atoms with Crippen LogP contribution in [0.3, 0.4) is 0 Å². The highest BCUT2D eigenvalue weighted by Crippen LogP contribution is 2.30. The van der Waals surface area contributed by atoms with E-state index in [9.17, 15) is 14.0 Å². The van der Waals surface area contributed by atoms with E-state index >= 15 is 0 Å². The van der Waals surface area contributed by atoms with Crippen molar-refractivity contribution in [1.29, 1.82) is 0 Å². The van der Waals surface area contributed by atoms with E-state index in [0.29, 0.717) is 32.4 Å². The van der Waals surface area contributed by atoms with Crippen LogP contribution >= 0.6 is 34.7 Å². The zero-order chi connectivity index (χ0) is 24.1. The van der Waals surface area contributed by atoms with Crippen LogP contribution in [0.5, 0.6) is 5.75 Å². The van der Waals surface area contributed by atoms with Crippen LogP contribution in [0, 0.1) is 12.7 Å². The molecule has 3 rings (SSSR count). The van der Waals surface area contributed by atoms with Gasteiger partial charge in [0.05, 0.1) is 23.1 Å². The third-order valence-electron chi connectivity index (χ3n) is 4.27. The van der Waals surface area contributed by atoms with Crippen LogP contribution in [0.4, 0.5) is 9.52 Å². The number of anilines is 1. The molecule has 0 spiro atoms. The number of nitrogens with one attached hydrogen (secondary N) is 1. The molecule has 0 aliphatic rings. The lowest BCUT2D eigenvalue weighted by Gasteiger charge is -2.15. The third-order valence-corrected chi connectivity index (χ3v) is 6.63. The fraction of sp³-hybridized carbons (Fsp3) is 0.350. The molecule has 0 saturated heterocycles. The Morgan fingerprint density at radius 1 is 1.36 bits per heavy atom. The van der Waals surface area contributed by atoms with Gasteiger partial charge in [0.2, 0.25) is 5.91 Å². The van der Waals surface area contributed by atoms with Gasteiger partial charge in [0.15, 0.2) is 22.2 Å². The smallest absolute Gasteiger partial charge is 0.350 e. The number of aryl methyl sites for hydroxylation is 1. The van der Waals surface area contributed by atoms with Gasteiger partial charge in [-0.15, -0.1) is 10.2 Å². The zero-order valence-corrected chi connectivity index (χ0v) is 20.6. The van der Waals surface area contributed by atoms with E-state index < -0.39 is 17.9 Å². The van der Waals surface area contributed by atoms with Crippen molar-refractivity contribution in [2.75, 3.05) is 17.7 Å². The summed E-state index contributed by atoms with van der Waals surface area (Å²) < 4.78 is 25.7. The molecular formula is C20H21ClFN5O4S2. The van der Waals surface area contributed by atoms with Gasteiger partial charge in [0.1, 0.15) is 16.4 Å². The van der Waals surface area contributed by atoms with Gasteiger partial charge in [-0.05, 0) is 39.0 Å². The van der Waals surface area contributed by atoms with E-state index in [1.54, 1.807) is 32.4 Å². The van der Waals surface area contributed by atoms with E-state index in [4.69, 9.17) is 21.1 Å². The fourth-order valence-corrected chi connectivity index (χ4v) is 4.55. The van der Waals surface area contributed by atoms with Crippen LogP contribution in [-0.2, 0) is 16.6 Å². The summed E-state index contributed by atoms with van der Waals surface area (Å²) in [4.78, 5) is 28.8. The molecule has 176 valence electrons. The maximum absolute atomic E-state index is 13.2. The van der Waals surface area contributed by atoms with Crippen LogP contribution in [0.25, 0.3) is 0 Å². The standard InChI is InChI=1S/C20H21ClFN5O4S2/c1-5-30-18(29)16-10(2)23-19(33-16)24-15(28)9-32-20-26-25-17(27(20)4)11(3)31-14-7-6-12(22)8-13(14)21/h6-8,11H,5,9H2,1-4H3,(H,23,24,28). The number of benzene rings is 1. The van der Waals surface area contributed by atoms with Crippen LogP contribution in [-0.4, -0.2) is 44.0 Å². The number of aromatic nitrogens is 4. The molecule has 2 aromatic heterocycles. The number of carbonyl (C=O) groups excluding carboxylic acids is 2. The average molecular weight is 514 g/mol. The first-order valence-electron chi connectivity index (χ1n) is 9.77. The number of esters is 1. The van der Waals surface area contributed by atoms with E-state index in [1.807, 2.05) is 0 Å². The minimum atomic E-state index is -0.520. The van der Waals surface area contributed by atoms with Gasteiger partial charge < -0.3 is 19.4 Å². The van der Waals surface area contributed by atoms with Gasteiger partial charge in [0, 0.05) is 7.05 Å². The second-order valence-electron chi connectivity index (χ2n) is 6.73. The molecule has 2 heterocycles. The van der Waals surface area contributed by atoms with Crippen LogP contribution in [0.2, 0.25) is 5.02 Å². The first kappa shape index (κ1) is 24.9. The monoisotopic (exact) mass is 513 g/mol. The lowest BCUT2D eigenvalue weighted by Crippen LogP contribution is -2.14. The van der Waals surface area contributed by atoms with Gasteiger partial charge in [-0.2, -0.15) is 0 Å². The molecular weight excluding hydrogens is 493 g/mol. The van der Waals surface area contributed by atoms with Crippen molar-refractivity contribution in [3.8, 4) is 5.75 Å². The minimum absolute atomic E-state index is 0.0539. The summed E-state index contributed by atoms with van der Waals surface area (Å²) in [5.74, 6) is -0.349. The summed E-state index contributed by atoms with van der Waals surface area (Å²) in [5.41, 5.74) is 0.495. The fourth-order valence-electron chi connectivity index (χ4n) is 2.74. The molecule has 1 amide bonds. The number of amides is 1. The molecule has 0 bridgehead atoms. The van der Waals surface area contributed by atoms with Crippen molar-refractivity contribution in [3.05, 3.63) is 45.4 Å². The molecule has 1 unspecified atom stereocenters. The molecule has 3 aromatic rings. The first-order valence-corrected chi connectivity index (χ1v) is 12.0. The highest BCUT2D eigenvalue weighted by molar-refractivity contribution is 7.99. The molecule has 0 aliphatic carbocycles. The maximum Gasteiger partial charge on any atom is 0.350 e. The first-order chi connectivity index (χ1) is 15.7. The number of thioether (sulfide) groups is 1. The number of carbonyl (C=O) groups is 2. The van der Waals surface area contributed by atoms with Crippen LogP contribution in [0.1, 0.15) is 41.1 Å². The number of halogens is 2. The van der Waals surface area contributed by atoms with E-state index in [2.05, 4.69) is 20.5 Å². The SMILES string of the molecule is CCOC(=O)c1sc(NC(=O)CSc2nnc(C(C)Oc3ccc(F)cc3Cl)n2C)nc1C. The summed E-state index contributed by atoms with van der Waals surface area (Å²) in [6.45, 7) is 5.42. The van der Waals surface area contributed by atoms with Gasteiger partial charge in [-0.25, -0.2) is 14.2 Å². The Labute approximate surface area is 202 Å². The number of hydrogen-bond acceptors (Lipinski definition) is 9. The molecule has 1 N–H and O–H groups in total. The summed E-state index contributed by atoms with van der Waals surface area (Å²) in [7, 11) is 1.75. The number of hydrogen-bond donors (Lipinski definition) is 1. The topological polar surface area (TPSA) is 108 Å². The number of thiazole rings is 1. The Bertz CT molecular complexity index is 1170. The van der Waals surface area contributed by atoms with Crippen molar-refractivity contribution in [2.45, 2.75) is 32.0 Å². The Balaban J connectivity index is 1.58. The van der Waals surface area contributed by atoms with E-state index in [1.165, 1.54) is 30.0 Å². The van der Waals surface area contributed by atoms with Crippen molar-refractivity contribution in [3.63, 3.8) is 0 Å². The van der Waals surface area contributed by atoms with E-state index in [-0.39, 0.29) is 23.3 Å². The number of rotatable bonds is 9. The lowest BCUT2D eigenvalue weighted by atomic mass is 10.3. The third kappa shape index (κ3) is 6.21. The van der Waals surface area contributed by atoms with Crippen molar-refractivity contribution < 1.29 is 23.5 Å². The Hall–Kier alpha value is -2.70. The Morgan fingerprint density at radius 3 is 2.82 bits per heavy atom. The summed E-state index contributed by atoms with van der Waals surface area (Å²) in [6, 6.07) is 3.86. The normalized spacial score (nSPS) is 11.8. The van der Waals surface area contributed by atoms with E-state index in [0.717, 1.165) is 11.3 Å². The predicted octanol–water partition coefficient (Wildman–Crippen LogP) is 4.42. The quantitative estimate of drug-likeness (QED) is 0.331. The van der Waals surface area contributed by atoms with Gasteiger partial charge in [0.25, 0.3) is 0 Å². The van der Waals surface area contributed by atoms with Crippen LogP contribution < -0.4 is 10.1 Å². The molecule has 13 heteroatoms. The molecule has 0 fully saturated rings. The van der Waals surface area contributed by atoms with Crippen molar-refractivity contribution >= 4 is 51.7 Å². The molecule has 1 aromatic carbocycles. The molecule has 9 nitrogen and oxygen atoms in total. The summed E-state index contributed by atoms with van der Waals surface area (Å²) in [5, 5.41) is 11.9. The molecule has 0 aliphatic heterocycles. The molecule has 1 atom stereocenters. The summed E-state index contributed by atoms with van der Waals surface area (Å²) >= 11 is 8.26. The largest absolute Gasteiger partial charge is 0.481 e. The highest BCUT2D eigenvalue weighted by Gasteiger charge is 2.20.